The first kappa shape index (κ1) is 12.3. The van der Waals surface area contributed by atoms with Crippen molar-refractivity contribution in [2.24, 2.45) is 0 Å². The summed E-state index contributed by atoms with van der Waals surface area (Å²) < 4.78 is 59.9. The number of aromatic amines is 2. The Bertz CT molecular complexity index is 597. The normalized spacial score (nSPS) is 12.4. The number of nitrogens with one attached hydrogen (secondary N) is 2. The summed E-state index contributed by atoms with van der Waals surface area (Å²) in [7, 11) is -5.93. The van der Waals surface area contributed by atoms with Gasteiger partial charge in [0.15, 0.2) is 0 Å². The van der Waals surface area contributed by atoms with E-state index >= 15 is 0 Å². The third-order valence-corrected chi connectivity index (χ3v) is 2.23. The number of hydrogen-bond acceptors (Lipinski definition) is 5. The molecule has 0 aliphatic carbocycles. The van der Waals surface area contributed by atoms with Crippen LogP contribution in [-0.4, -0.2) is 23.9 Å². The second-order valence-corrected chi connectivity index (χ2v) is 3.96. The number of hydrogen-bond donors (Lipinski definition) is 2. The fourth-order valence-electron chi connectivity index (χ4n) is 0.625. The van der Waals surface area contributed by atoms with Crippen LogP contribution in [0, 0.1) is 0 Å². The molecule has 0 aromatic carbocycles. The van der Waals surface area contributed by atoms with Gasteiger partial charge < -0.3 is 9.17 Å². The summed E-state index contributed by atoms with van der Waals surface area (Å²) >= 11 is 0. The highest BCUT2D eigenvalue weighted by atomic mass is 32.2. The van der Waals surface area contributed by atoms with Crippen LogP contribution in [0.4, 0.5) is 13.2 Å². The van der Waals surface area contributed by atoms with Gasteiger partial charge in [0.2, 0.25) is 5.75 Å². The molecular weight excluding hydrogens is 257 g/mol. The molecule has 0 aliphatic rings. The third kappa shape index (κ3) is 2.42. The lowest BCUT2D eigenvalue weighted by Crippen LogP contribution is -2.31. The zero-order valence-electron chi connectivity index (χ0n) is 7.16. The lowest BCUT2D eigenvalue weighted by atomic mass is 10.6. The van der Waals surface area contributed by atoms with Gasteiger partial charge in [0.1, 0.15) is 0 Å². The van der Waals surface area contributed by atoms with Crippen molar-refractivity contribution in [1.82, 2.24) is 9.97 Å². The fraction of sp³-hybridized carbons (Fsp3) is 0.200. The van der Waals surface area contributed by atoms with Crippen LogP contribution in [0.1, 0.15) is 0 Å². The fourth-order valence-corrected chi connectivity index (χ4v) is 1.08. The molecule has 1 aromatic heterocycles. The maximum Gasteiger partial charge on any atom is 0.534 e. The first-order valence-corrected chi connectivity index (χ1v) is 4.87. The summed E-state index contributed by atoms with van der Waals surface area (Å²) in [4.78, 5) is 24.5. The second-order valence-electron chi connectivity index (χ2n) is 2.42. The van der Waals surface area contributed by atoms with E-state index in [0.717, 1.165) is 0 Å². The Kier molecular flexibility index (Phi) is 2.81. The van der Waals surface area contributed by atoms with E-state index in [0.29, 0.717) is 6.20 Å². The Labute approximate surface area is 85.0 Å². The predicted octanol–water partition coefficient (Wildman–Crippen LogP) is -0.708. The van der Waals surface area contributed by atoms with Gasteiger partial charge in [-0.1, -0.05) is 0 Å². The number of halogens is 3. The van der Waals surface area contributed by atoms with Crippen LogP contribution in [0.3, 0.4) is 0 Å². The average molecular weight is 260 g/mol. The molecule has 0 spiro atoms. The smallest absolute Gasteiger partial charge is 0.368 e. The van der Waals surface area contributed by atoms with Gasteiger partial charge >= 0.3 is 21.3 Å². The maximum atomic E-state index is 11.8. The minimum absolute atomic E-state index is 0.407. The van der Waals surface area contributed by atoms with E-state index in [2.05, 4.69) is 4.18 Å². The summed E-state index contributed by atoms with van der Waals surface area (Å²) in [6, 6.07) is 0. The van der Waals surface area contributed by atoms with Crippen LogP contribution in [-0.2, 0) is 10.1 Å². The van der Waals surface area contributed by atoms with Gasteiger partial charge in [0.25, 0.3) is 5.56 Å². The Balaban J connectivity index is 3.17. The lowest BCUT2D eigenvalue weighted by molar-refractivity contribution is -0.0500. The molecule has 0 radical (unpaired) electrons. The zero-order valence-corrected chi connectivity index (χ0v) is 7.98. The molecule has 90 valence electrons. The molecule has 0 saturated carbocycles. The van der Waals surface area contributed by atoms with Gasteiger partial charge in [-0.2, -0.15) is 21.6 Å². The van der Waals surface area contributed by atoms with Gasteiger partial charge in [-0.25, -0.2) is 4.79 Å². The first-order chi connectivity index (χ1) is 7.13. The largest absolute Gasteiger partial charge is 0.534 e. The van der Waals surface area contributed by atoms with E-state index in [4.69, 9.17) is 0 Å². The molecule has 7 nitrogen and oxygen atoms in total. The maximum absolute atomic E-state index is 11.8. The van der Waals surface area contributed by atoms with Crippen LogP contribution in [0.5, 0.6) is 5.75 Å². The van der Waals surface area contributed by atoms with Crippen molar-refractivity contribution in [3.05, 3.63) is 27.0 Å². The molecule has 1 heterocycles. The number of H-pyrrole nitrogens is 2. The van der Waals surface area contributed by atoms with E-state index in [9.17, 15) is 31.2 Å². The molecule has 1 aromatic rings. The van der Waals surface area contributed by atoms with Crippen LogP contribution in [0.2, 0.25) is 0 Å². The van der Waals surface area contributed by atoms with Crippen molar-refractivity contribution < 1.29 is 25.8 Å². The van der Waals surface area contributed by atoms with Crippen molar-refractivity contribution in [3.63, 3.8) is 0 Å². The van der Waals surface area contributed by atoms with E-state index in [-0.39, 0.29) is 0 Å². The monoisotopic (exact) mass is 260 g/mol. The highest BCUT2D eigenvalue weighted by Crippen LogP contribution is 2.24. The van der Waals surface area contributed by atoms with Crippen LogP contribution < -0.4 is 15.4 Å². The highest BCUT2D eigenvalue weighted by molar-refractivity contribution is 7.87. The highest BCUT2D eigenvalue weighted by Gasteiger charge is 2.48. The summed E-state index contributed by atoms with van der Waals surface area (Å²) in [5, 5.41) is 0. The minimum atomic E-state index is -5.93. The molecule has 0 saturated heterocycles. The van der Waals surface area contributed by atoms with Crippen molar-refractivity contribution in [2.75, 3.05) is 0 Å². The zero-order chi connectivity index (χ0) is 12.6. The van der Waals surface area contributed by atoms with Crippen molar-refractivity contribution in [1.29, 1.82) is 0 Å². The summed E-state index contributed by atoms with van der Waals surface area (Å²) in [6.07, 6.45) is 0.407. The number of alkyl halides is 3. The third-order valence-electron chi connectivity index (χ3n) is 1.27. The molecule has 2 N–H and O–H groups in total. The standard InChI is InChI=1S/C5H3F3N2O5S/c6-5(7,8)16(13,14)15-2-1-9-4(12)10-3(2)11/h1H,(H2,9,10,11,12). The molecule has 16 heavy (non-hydrogen) atoms. The Morgan fingerprint density at radius 3 is 2.25 bits per heavy atom. The number of rotatable bonds is 2. The van der Waals surface area contributed by atoms with Crippen molar-refractivity contribution >= 4 is 10.1 Å². The van der Waals surface area contributed by atoms with Crippen LogP contribution in [0.25, 0.3) is 0 Å². The van der Waals surface area contributed by atoms with Gasteiger partial charge in [-0.05, 0) is 0 Å². The summed E-state index contributed by atoms with van der Waals surface area (Å²) in [5.41, 5.74) is -8.06. The van der Waals surface area contributed by atoms with Gasteiger partial charge in [0.05, 0.1) is 6.20 Å². The molecule has 11 heteroatoms. The summed E-state index contributed by atoms with van der Waals surface area (Å²) in [5.74, 6) is -1.18. The Morgan fingerprint density at radius 2 is 1.81 bits per heavy atom. The number of aromatic nitrogens is 2. The molecule has 0 atom stereocenters. The van der Waals surface area contributed by atoms with E-state index in [1.165, 1.54) is 4.98 Å². The SMILES string of the molecule is O=c1[nH]cc(OS(=O)(=O)C(F)(F)F)c(=O)[nH]1. The predicted molar refractivity (Wildman–Crippen MR) is 43.3 cm³/mol. The van der Waals surface area contributed by atoms with Crippen LogP contribution in [0.15, 0.2) is 15.8 Å². The molecule has 0 unspecified atom stereocenters. The minimum Gasteiger partial charge on any atom is -0.368 e. The molecule has 0 bridgehead atoms. The lowest BCUT2D eigenvalue weighted by Gasteiger charge is -2.07. The molecule has 1 rings (SSSR count). The van der Waals surface area contributed by atoms with E-state index in [1.54, 1.807) is 4.98 Å². The van der Waals surface area contributed by atoms with Crippen molar-refractivity contribution in [2.45, 2.75) is 5.51 Å². The van der Waals surface area contributed by atoms with E-state index in [1.807, 2.05) is 0 Å². The van der Waals surface area contributed by atoms with E-state index < -0.39 is 32.6 Å². The Hall–Kier alpha value is -1.78. The Morgan fingerprint density at radius 1 is 1.25 bits per heavy atom. The average Bonchev–Trinajstić information content (AvgIpc) is 2.08. The second kappa shape index (κ2) is 3.66. The molecular formula is C5H3F3N2O5S. The molecule has 0 fully saturated rings. The quantitative estimate of drug-likeness (QED) is 0.539. The summed E-state index contributed by atoms with van der Waals surface area (Å²) in [6.45, 7) is 0. The molecule has 0 amide bonds. The van der Waals surface area contributed by atoms with Gasteiger partial charge in [-0.3, -0.25) is 9.78 Å². The van der Waals surface area contributed by atoms with Crippen LogP contribution >= 0.6 is 0 Å². The van der Waals surface area contributed by atoms with Gasteiger partial charge in [0, 0.05) is 0 Å². The molecule has 0 aliphatic heterocycles. The first-order valence-electron chi connectivity index (χ1n) is 3.46. The topological polar surface area (TPSA) is 109 Å². The van der Waals surface area contributed by atoms with Crippen molar-refractivity contribution in [3.8, 4) is 5.75 Å². The van der Waals surface area contributed by atoms with Gasteiger partial charge in [-0.15, -0.1) is 0 Å².